The van der Waals surface area contributed by atoms with Gasteiger partial charge in [0.05, 0.1) is 5.56 Å². The molecular formula is C12H13F4N. The highest BCUT2D eigenvalue weighted by atomic mass is 19.4. The molecule has 0 unspecified atom stereocenters. The second-order valence-corrected chi connectivity index (χ2v) is 3.68. The summed E-state index contributed by atoms with van der Waals surface area (Å²) >= 11 is 0. The topological polar surface area (TPSA) is 26.0 Å². The van der Waals surface area contributed by atoms with Crippen LogP contribution in [0.5, 0.6) is 0 Å². The van der Waals surface area contributed by atoms with E-state index in [0.717, 1.165) is 6.07 Å². The van der Waals surface area contributed by atoms with Gasteiger partial charge in [-0.05, 0) is 18.9 Å². The molecule has 0 saturated carbocycles. The Kier molecular flexibility index (Phi) is 4.28. The van der Waals surface area contributed by atoms with Crippen molar-refractivity contribution >= 4 is 0 Å². The summed E-state index contributed by atoms with van der Waals surface area (Å²) in [5, 5.41) is 0. The van der Waals surface area contributed by atoms with Crippen molar-refractivity contribution in [2.45, 2.75) is 25.1 Å². The molecule has 1 atom stereocenters. The zero-order valence-electron chi connectivity index (χ0n) is 9.10. The molecule has 0 aliphatic rings. The first-order chi connectivity index (χ1) is 7.88. The van der Waals surface area contributed by atoms with Crippen LogP contribution < -0.4 is 5.73 Å². The second-order valence-electron chi connectivity index (χ2n) is 3.68. The van der Waals surface area contributed by atoms with Gasteiger partial charge in [-0.1, -0.05) is 18.2 Å². The molecule has 0 spiro atoms. The van der Waals surface area contributed by atoms with E-state index < -0.39 is 23.6 Å². The van der Waals surface area contributed by atoms with Crippen molar-refractivity contribution in [1.29, 1.82) is 0 Å². The number of rotatable bonds is 4. The molecule has 0 aromatic heterocycles. The summed E-state index contributed by atoms with van der Waals surface area (Å²) in [6.45, 7) is 3.48. The first-order valence-electron chi connectivity index (χ1n) is 5.10. The molecule has 0 amide bonds. The van der Waals surface area contributed by atoms with Gasteiger partial charge in [-0.3, -0.25) is 0 Å². The smallest absolute Gasteiger partial charge is 0.324 e. The molecule has 0 saturated heterocycles. The summed E-state index contributed by atoms with van der Waals surface area (Å²) in [5.74, 6) is -1.28. The summed E-state index contributed by atoms with van der Waals surface area (Å²) in [6, 6.07) is 2.39. The third-order valence-corrected chi connectivity index (χ3v) is 2.42. The largest absolute Gasteiger partial charge is 0.419 e. The van der Waals surface area contributed by atoms with Crippen LogP contribution in [0, 0.1) is 5.82 Å². The molecule has 0 fully saturated rings. The summed E-state index contributed by atoms with van der Waals surface area (Å²) in [7, 11) is 0. The SMILES string of the molecule is C=CCC[C@H](N)c1cccc(C(F)(F)F)c1F. The average molecular weight is 247 g/mol. The molecule has 17 heavy (non-hydrogen) atoms. The number of halogens is 4. The highest BCUT2D eigenvalue weighted by Gasteiger charge is 2.35. The third-order valence-electron chi connectivity index (χ3n) is 2.42. The van der Waals surface area contributed by atoms with Crippen LogP contribution >= 0.6 is 0 Å². The van der Waals surface area contributed by atoms with E-state index >= 15 is 0 Å². The van der Waals surface area contributed by atoms with Crippen molar-refractivity contribution in [3.05, 3.63) is 47.8 Å². The average Bonchev–Trinajstić information content (AvgIpc) is 2.24. The van der Waals surface area contributed by atoms with E-state index in [0.29, 0.717) is 18.9 Å². The molecule has 94 valence electrons. The van der Waals surface area contributed by atoms with Gasteiger partial charge in [0.1, 0.15) is 5.82 Å². The van der Waals surface area contributed by atoms with E-state index in [1.54, 1.807) is 6.08 Å². The summed E-state index contributed by atoms with van der Waals surface area (Å²) in [4.78, 5) is 0. The number of allylic oxidation sites excluding steroid dienone is 1. The molecule has 1 aromatic carbocycles. The predicted octanol–water partition coefficient (Wildman–Crippen LogP) is 3.81. The van der Waals surface area contributed by atoms with Gasteiger partial charge < -0.3 is 5.73 Å². The van der Waals surface area contributed by atoms with Gasteiger partial charge in [-0.2, -0.15) is 13.2 Å². The van der Waals surface area contributed by atoms with E-state index in [4.69, 9.17) is 5.73 Å². The molecule has 2 N–H and O–H groups in total. The Bertz CT molecular complexity index is 398. The van der Waals surface area contributed by atoms with E-state index in [2.05, 4.69) is 6.58 Å². The standard InChI is InChI=1S/C12H13F4N/c1-2-3-7-10(17)8-5-4-6-9(11(8)13)12(14,15)16/h2,4-6,10H,1,3,7,17H2/t10-/m0/s1. The van der Waals surface area contributed by atoms with Gasteiger partial charge in [0.2, 0.25) is 0 Å². The lowest BCUT2D eigenvalue weighted by Crippen LogP contribution is -2.16. The first-order valence-corrected chi connectivity index (χ1v) is 5.10. The van der Waals surface area contributed by atoms with Crippen LogP contribution in [0.2, 0.25) is 0 Å². The van der Waals surface area contributed by atoms with E-state index in [9.17, 15) is 17.6 Å². The fraction of sp³-hybridized carbons (Fsp3) is 0.333. The first kappa shape index (κ1) is 13.7. The van der Waals surface area contributed by atoms with E-state index in [1.165, 1.54) is 6.07 Å². The highest BCUT2D eigenvalue weighted by molar-refractivity contribution is 5.30. The normalized spacial score (nSPS) is 13.5. The van der Waals surface area contributed by atoms with E-state index in [1.807, 2.05) is 0 Å². The molecule has 0 aliphatic heterocycles. The van der Waals surface area contributed by atoms with Crippen LogP contribution in [-0.2, 0) is 6.18 Å². The predicted molar refractivity (Wildman–Crippen MR) is 57.8 cm³/mol. The van der Waals surface area contributed by atoms with Crippen LogP contribution in [0.15, 0.2) is 30.9 Å². The summed E-state index contributed by atoms with van der Waals surface area (Å²) in [5.41, 5.74) is 4.26. The lowest BCUT2D eigenvalue weighted by atomic mass is 9.99. The third kappa shape index (κ3) is 3.30. The minimum absolute atomic E-state index is 0.110. The van der Waals surface area contributed by atoms with Crippen LogP contribution in [0.25, 0.3) is 0 Å². The van der Waals surface area contributed by atoms with Gasteiger partial charge in [0.15, 0.2) is 0 Å². The number of hydrogen-bond acceptors (Lipinski definition) is 1. The number of benzene rings is 1. The van der Waals surface area contributed by atoms with Gasteiger partial charge in [-0.25, -0.2) is 4.39 Å². The molecule has 0 aliphatic carbocycles. The second kappa shape index (κ2) is 5.31. The Morgan fingerprint density at radius 2 is 2.00 bits per heavy atom. The molecule has 1 aromatic rings. The summed E-state index contributed by atoms with van der Waals surface area (Å²) in [6.07, 6.45) is -2.22. The molecule has 5 heteroatoms. The Balaban J connectivity index is 3.06. The van der Waals surface area contributed by atoms with Crippen LogP contribution in [0.3, 0.4) is 0 Å². The van der Waals surface area contributed by atoms with Crippen LogP contribution in [0.1, 0.15) is 30.0 Å². The Morgan fingerprint density at radius 1 is 1.35 bits per heavy atom. The van der Waals surface area contributed by atoms with E-state index in [-0.39, 0.29) is 5.56 Å². The molecule has 0 radical (unpaired) electrons. The van der Waals surface area contributed by atoms with Crippen LogP contribution in [0.4, 0.5) is 17.6 Å². The molecule has 0 heterocycles. The fourth-order valence-electron chi connectivity index (χ4n) is 1.51. The monoisotopic (exact) mass is 247 g/mol. The Hall–Kier alpha value is -1.36. The summed E-state index contributed by atoms with van der Waals surface area (Å²) < 4.78 is 51.0. The van der Waals surface area contributed by atoms with Gasteiger partial charge in [-0.15, -0.1) is 6.58 Å². The highest BCUT2D eigenvalue weighted by Crippen LogP contribution is 2.34. The minimum Gasteiger partial charge on any atom is -0.324 e. The number of hydrogen-bond donors (Lipinski definition) is 1. The molecule has 1 rings (SSSR count). The zero-order valence-corrected chi connectivity index (χ0v) is 9.10. The number of nitrogens with two attached hydrogens (primary N) is 1. The van der Waals surface area contributed by atoms with Crippen LogP contribution in [-0.4, -0.2) is 0 Å². The molecule has 0 bridgehead atoms. The Morgan fingerprint density at radius 3 is 2.53 bits per heavy atom. The quantitative estimate of drug-likeness (QED) is 0.635. The maximum atomic E-state index is 13.6. The Labute approximate surface area is 96.9 Å². The fourth-order valence-corrected chi connectivity index (χ4v) is 1.51. The van der Waals surface area contributed by atoms with Crippen molar-refractivity contribution in [2.75, 3.05) is 0 Å². The lowest BCUT2D eigenvalue weighted by molar-refractivity contribution is -0.140. The van der Waals surface area contributed by atoms with Gasteiger partial charge in [0.25, 0.3) is 0 Å². The van der Waals surface area contributed by atoms with Crippen molar-refractivity contribution < 1.29 is 17.6 Å². The van der Waals surface area contributed by atoms with Crippen molar-refractivity contribution in [3.8, 4) is 0 Å². The van der Waals surface area contributed by atoms with Gasteiger partial charge >= 0.3 is 6.18 Å². The molecular weight excluding hydrogens is 234 g/mol. The maximum absolute atomic E-state index is 13.6. The van der Waals surface area contributed by atoms with Crippen molar-refractivity contribution in [2.24, 2.45) is 5.73 Å². The maximum Gasteiger partial charge on any atom is 0.419 e. The molecule has 1 nitrogen and oxygen atoms in total. The van der Waals surface area contributed by atoms with Gasteiger partial charge in [0, 0.05) is 11.6 Å². The van der Waals surface area contributed by atoms with Crippen molar-refractivity contribution in [3.63, 3.8) is 0 Å². The minimum atomic E-state index is -4.70. The number of alkyl halides is 3. The zero-order chi connectivity index (χ0) is 13.1. The lowest BCUT2D eigenvalue weighted by Gasteiger charge is -2.15. The van der Waals surface area contributed by atoms with Crippen molar-refractivity contribution in [1.82, 2.24) is 0 Å².